The van der Waals surface area contributed by atoms with E-state index in [2.05, 4.69) is 20.8 Å². The number of benzene rings is 2. The predicted octanol–water partition coefficient (Wildman–Crippen LogP) is 3.45. The first kappa shape index (κ1) is 21.6. The summed E-state index contributed by atoms with van der Waals surface area (Å²) < 4.78 is 17.4. The van der Waals surface area contributed by atoms with Crippen molar-refractivity contribution in [2.24, 2.45) is 0 Å². The molecule has 0 aliphatic carbocycles. The molecule has 10 nitrogen and oxygen atoms in total. The maximum atomic E-state index is 12.7. The molecule has 2 aromatic carbocycles. The largest absolute Gasteiger partial charge is 0.497 e. The fourth-order valence-corrected chi connectivity index (χ4v) is 4.00. The zero-order chi connectivity index (χ0) is 23.5. The van der Waals surface area contributed by atoms with Gasteiger partial charge in [-0.3, -0.25) is 14.0 Å². The summed E-state index contributed by atoms with van der Waals surface area (Å²) in [6, 6.07) is 15.6. The normalized spacial score (nSPS) is 11.9. The second-order valence-corrected chi connectivity index (χ2v) is 8.16. The summed E-state index contributed by atoms with van der Waals surface area (Å²) in [6.07, 6.45) is 1.65. The van der Waals surface area contributed by atoms with Crippen LogP contribution in [0.4, 0.5) is 11.4 Å². The van der Waals surface area contributed by atoms with Crippen molar-refractivity contribution >= 4 is 40.6 Å². The quantitative estimate of drug-likeness (QED) is 0.389. The number of rotatable bonds is 7. The average Bonchev–Trinajstić information content (AvgIpc) is 3.49. The van der Waals surface area contributed by atoms with E-state index in [1.54, 1.807) is 72.3 Å². The highest BCUT2D eigenvalue weighted by atomic mass is 32.2. The van der Waals surface area contributed by atoms with Crippen LogP contribution >= 0.6 is 11.8 Å². The van der Waals surface area contributed by atoms with Crippen molar-refractivity contribution in [1.82, 2.24) is 14.6 Å². The average molecular weight is 478 g/mol. The summed E-state index contributed by atoms with van der Waals surface area (Å²) in [5, 5.41) is 14.4. The summed E-state index contributed by atoms with van der Waals surface area (Å²) in [5.41, 5.74) is 2.25. The Morgan fingerprint density at radius 3 is 2.62 bits per heavy atom. The number of anilines is 2. The highest BCUT2D eigenvalue weighted by Gasteiger charge is 2.16. The van der Waals surface area contributed by atoms with Crippen LogP contribution < -0.4 is 24.8 Å². The fraction of sp³-hybridized carbons (Fsp3) is 0.130. The van der Waals surface area contributed by atoms with Crippen molar-refractivity contribution in [1.29, 1.82) is 0 Å². The molecular weight excluding hydrogens is 458 g/mol. The molecule has 11 heteroatoms. The van der Waals surface area contributed by atoms with Gasteiger partial charge in [-0.1, -0.05) is 11.8 Å². The van der Waals surface area contributed by atoms with E-state index in [1.165, 1.54) is 11.8 Å². The van der Waals surface area contributed by atoms with Gasteiger partial charge in [-0.2, -0.15) is 0 Å². The molecule has 0 fully saturated rings. The number of nitrogens with zero attached hydrogens (tertiary/aromatic N) is 3. The Bertz CT molecular complexity index is 1370. The van der Waals surface area contributed by atoms with Crippen LogP contribution in [0.1, 0.15) is 10.4 Å². The van der Waals surface area contributed by atoms with Crippen LogP contribution in [-0.2, 0) is 4.79 Å². The highest BCUT2D eigenvalue weighted by Crippen LogP contribution is 2.34. The SMILES string of the molecule is COc1ccc(NC(=O)c2ccc3nnc(SCC(=O)Nc4ccc5c(c4)OCO5)n3c2)cc1. The molecule has 2 amide bonds. The molecule has 172 valence electrons. The van der Waals surface area contributed by atoms with Crippen molar-refractivity contribution < 1.29 is 23.8 Å². The van der Waals surface area contributed by atoms with Crippen molar-refractivity contribution in [2.75, 3.05) is 30.3 Å². The predicted molar refractivity (Wildman–Crippen MR) is 126 cm³/mol. The molecule has 0 saturated carbocycles. The van der Waals surface area contributed by atoms with Crippen molar-refractivity contribution in [3.63, 3.8) is 0 Å². The smallest absolute Gasteiger partial charge is 0.257 e. The minimum absolute atomic E-state index is 0.109. The van der Waals surface area contributed by atoms with E-state index in [4.69, 9.17) is 14.2 Å². The number of hydrogen-bond acceptors (Lipinski definition) is 8. The van der Waals surface area contributed by atoms with E-state index >= 15 is 0 Å². The number of aromatic nitrogens is 3. The summed E-state index contributed by atoms with van der Waals surface area (Å²) in [6.45, 7) is 0.169. The van der Waals surface area contributed by atoms with Crippen LogP contribution in [0.5, 0.6) is 17.2 Å². The zero-order valence-corrected chi connectivity index (χ0v) is 18.8. The van der Waals surface area contributed by atoms with Crippen LogP contribution in [0.2, 0.25) is 0 Å². The van der Waals surface area contributed by atoms with Crippen LogP contribution in [0, 0.1) is 0 Å². The zero-order valence-electron chi connectivity index (χ0n) is 18.0. The molecule has 4 aromatic rings. The number of methoxy groups -OCH3 is 1. The number of carbonyl (C=O) groups excluding carboxylic acids is 2. The van der Waals surface area contributed by atoms with Gasteiger partial charge in [-0.05, 0) is 48.5 Å². The van der Waals surface area contributed by atoms with Crippen LogP contribution in [-0.4, -0.2) is 46.1 Å². The topological polar surface area (TPSA) is 116 Å². The second-order valence-electron chi connectivity index (χ2n) is 7.22. The summed E-state index contributed by atoms with van der Waals surface area (Å²) in [7, 11) is 1.58. The number of thioether (sulfide) groups is 1. The van der Waals surface area contributed by atoms with E-state index < -0.39 is 0 Å². The third kappa shape index (κ3) is 4.59. The molecule has 1 aliphatic rings. The standard InChI is InChI=1S/C23H19N5O5S/c1-31-17-6-3-15(4-7-17)25-22(30)14-2-9-20-26-27-23(28(20)11-14)34-12-21(29)24-16-5-8-18-19(10-16)33-13-32-18/h2-11H,12-13H2,1H3,(H,24,29)(H,25,30). The Labute approximate surface area is 198 Å². The number of amides is 2. The van der Waals surface area contributed by atoms with Gasteiger partial charge < -0.3 is 24.8 Å². The van der Waals surface area contributed by atoms with Gasteiger partial charge in [-0.25, -0.2) is 0 Å². The molecule has 1 aliphatic heterocycles. The Hall–Kier alpha value is -4.25. The molecule has 2 aromatic heterocycles. The van der Waals surface area contributed by atoms with E-state index in [9.17, 15) is 9.59 Å². The fourth-order valence-electron chi connectivity index (χ4n) is 3.28. The number of pyridine rings is 1. The van der Waals surface area contributed by atoms with Crippen molar-refractivity contribution in [3.8, 4) is 17.2 Å². The molecule has 0 saturated heterocycles. The maximum Gasteiger partial charge on any atom is 0.257 e. The minimum Gasteiger partial charge on any atom is -0.497 e. The molecule has 0 atom stereocenters. The molecule has 0 unspecified atom stereocenters. The van der Waals surface area contributed by atoms with Crippen LogP contribution in [0.25, 0.3) is 5.65 Å². The molecule has 3 heterocycles. The van der Waals surface area contributed by atoms with Gasteiger partial charge in [0.2, 0.25) is 12.7 Å². The van der Waals surface area contributed by atoms with Gasteiger partial charge >= 0.3 is 0 Å². The third-order valence-corrected chi connectivity index (χ3v) is 5.91. The molecule has 0 spiro atoms. The Kier molecular flexibility index (Phi) is 5.91. The first-order chi connectivity index (χ1) is 16.6. The highest BCUT2D eigenvalue weighted by molar-refractivity contribution is 7.99. The number of nitrogens with one attached hydrogen (secondary N) is 2. The lowest BCUT2D eigenvalue weighted by molar-refractivity contribution is -0.113. The monoisotopic (exact) mass is 477 g/mol. The minimum atomic E-state index is -0.280. The maximum absolute atomic E-state index is 12.7. The van der Waals surface area contributed by atoms with Gasteiger partial charge in [0.05, 0.1) is 18.4 Å². The van der Waals surface area contributed by atoms with E-state index in [0.717, 1.165) is 0 Å². The lowest BCUT2D eigenvalue weighted by Gasteiger charge is -2.08. The Balaban J connectivity index is 1.24. The summed E-state index contributed by atoms with van der Waals surface area (Å²) in [5.74, 6) is 1.56. The lowest BCUT2D eigenvalue weighted by Crippen LogP contribution is -2.14. The molecule has 2 N–H and O–H groups in total. The molecule has 34 heavy (non-hydrogen) atoms. The van der Waals surface area contributed by atoms with Gasteiger partial charge in [0, 0.05) is 23.6 Å². The first-order valence-electron chi connectivity index (χ1n) is 10.2. The summed E-state index contributed by atoms with van der Waals surface area (Å²) >= 11 is 1.21. The first-order valence-corrected chi connectivity index (χ1v) is 11.2. The molecule has 0 radical (unpaired) electrons. The lowest BCUT2D eigenvalue weighted by atomic mass is 10.2. The molecule has 0 bridgehead atoms. The van der Waals surface area contributed by atoms with E-state index in [0.29, 0.717) is 45.0 Å². The van der Waals surface area contributed by atoms with Crippen molar-refractivity contribution in [3.05, 3.63) is 66.4 Å². The molecule has 5 rings (SSSR count). The van der Waals surface area contributed by atoms with Gasteiger partial charge in [0.15, 0.2) is 22.3 Å². The Morgan fingerprint density at radius 1 is 1.00 bits per heavy atom. The van der Waals surface area contributed by atoms with Gasteiger partial charge in [0.1, 0.15) is 5.75 Å². The van der Waals surface area contributed by atoms with Gasteiger partial charge in [0.25, 0.3) is 5.91 Å². The van der Waals surface area contributed by atoms with E-state index in [-0.39, 0.29) is 24.4 Å². The Morgan fingerprint density at radius 2 is 1.79 bits per heavy atom. The molecular formula is C23H19N5O5S. The van der Waals surface area contributed by atoms with Crippen LogP contribution in [0.3, 0.4) is 0 Å². The van der Waals surface area contributed by atoms with Gasteiger partial charge in [-0.15, -0.1) is 10.2 Å². The number of hydrogen-bond donors (Lipinski definition) is 2. The number of fused-ring (bicyclic) bond motifs is 2. The second kappa shape index (κ2) is 9.32. The number of ether oxygens (including phenoxy) is 3. The van der Waals surface area contributed by atoms with Crippen LogP contribution in [0.15, 0.2) is 66.0 Å². The third-order valence-electron chi connectivity index (χ3n) is 4.97. The number of carbonyl (C=O) groups is 2. The summed E-state index contributed by atoms with van der Waals surface area (Å²) in [4.78, 5) is 25.1. The van der Waals surface area contributed by atoms with Crippen molar-refractivity contribution in [2.45, 2.75) is 5.16 Å². The van der Waals surface area contributed by atoms with E-state index in [1.807, 2.05) is 0 Å².